The van der Waals surface area contributed by atoms with Gasteiger partial charge in [-0.05, 0) is 18.6 Å². The van der Waals surface area contributed by atoms with E-state index in [1.165, 1.54) is 17.5 Å². The smallest absolute Gasteiger partial charge is 0.261 e. The number of carbonyl (C=O) groups is 1. The van der Waals surface area contributed by atoms with Gasteiger partial charge in [0.05, 0.1) is 5.56 Å². The van der Waals surface area contributed by atoms with E-state index in [2.05, 4.69) is 20.5 Å². The Balaban J connectivity index is 2.14. The number of aromatic nitrogens is 3. The van der Waals surface area contributed by atoms with E-state index in [-0.39, 0.29) is 11.7 Å². The lowest BCUT2D eigenvalue weighted by Crippen LogP contribution is -2.14. The average Bonchev–Trinajstić information content (AvgIpc) is 2.77. The highest BCUT2D eigenvalue weighted by atomic mass is 32.1. The first-order chi connectivity index (χ1) is 8.20. The lowest BCUT2D eigenvalue weighted by atomic mass is 10.2. The third-order valence-corrected chi connectivity index (χ3v) is 3.06. The second kappa shape index (κ2) is 4.88. The van der Waals surface area contributed by atoms with Crippen LogP contribution in [0.4, 0.5) is 10.9 Å². The zero-order chi connectivity index (χ0) is 12.3. The van der Waals surface area contributed by atoms with Crippen molar-refractivity contribution in [1.29, 1.82) is 0 Å². The van der Waals surface area contributed by atoms with Crippen LogP contribution in [0.1, 0.15) is 22.3 Å². The Labute approximate surface area is 102 Å². The van der Waals surface area contributed by atoms with Crippen molar-refractivity contribution in [3.63, 3.8) is 0 Å². The lowest BCUT2D eigenvalue weighted by Gasteiger charge is -2.02. The van der Waals surface area contributed by atoms with Crippen LogP contribution in [0.3, 0.4) is 0 Å². The van der Waals surface area contributed by atoms with Gasteiger partial charge in [-0.2, -0.15) is 0 Å². The minimum Gasteiger partial charge on any atom is -0.383 e. The Morgan fingerprint density at radius 2 is 2.35 bits per heavy atom. The van der Waals surface area contributed by atoms with Crippen molar-refractivity contribution in [2.75, 3.05) is 11.1 Å². The van der Waals surface area contributed by atoms with E-state index in [1.54, 1.807) is 12.1 Å². The molecule has 2 rings (SSSR count). The van der Waals surface area contributed by atoms with Crippen molar-refractivity contribution in [2.24, 2.45) is 0 Å². The number of aryl methyl sites for hydroxylation is 1. The van der Waals surface area contributed by atoms with Crippen LogP contribution in [-0.2, 0) is 6.42 Å². The molecule has 2 aromatic rings. The van der Waals surface area contributed by atoms with Crippen molar-refractivity contribution in [3.8, 4) is 0 Å². The van der Waals surface area contributed by atoms with Crippen LogP contribution in [-0.4, -0.2) is 21.1 Å². The molecule has 0 fully saturated rings. The molecule has 0 saturated heterocycles. The standard InChI is InChI=1S/C10H11N5OS/c1-2-7-14-15-10(17-7)13-9(16)6-4-3-5-12-8(6)11/h3-5H,2H2,1H3,(H2,11,12)(H,13,15,16). The van der Waals surface area contributed by atoms with Crippen molar-refractivity contribution >= 4 is 28.2 Å². The van der Waals surface area contributed by atoms with Crippen LogP contribution in [0.15, 0.2) is 18.3 Å². The van der Waals surface area contributed by atoms with E-state index in [1.807, 2.05) is 6.92 Å². The second-order valence-electron chi connectivity index (χ2n) is 3.24. The van der Waals surface area contributed by atoms with Gasteiger partial charge in [-0.15, -0.1) is 10.2 Å². The molecule has 3 N–H and O–H groups in total. The molecule has 0 radical (unpaired) electrons. The van der Waals surface area contributed by atoms with Gasteiger partial charge < -0.3 is 5.73 Å². The minimum atomic E-state index is -0.325. The number of nitrogens with two attached hydrogens (primary N) is 1. The maximum absolute atomic E-state index is 11.8. The number of rotatable bonds is 3. The van der Waals surface area contributed by atoms with Gasteiger partial charge in [0.25, 0.3) is 5.91 Å². The minimum absolute atomic E-state index is 0.199. The van der Waals surface area contributed by atoms with Crippen molar-refractivity contribution in [3.05, 3.63) is 28.9 Å². The van der Waals surface area contributed by atoms with Gasteiger partial charge in [0.15, 0.2) is 0 Å². The molecule has 0 atom stereocenters. The molecule has 7 heteroatoms. The summed E-state index contributed by atoms with van der Waals surface area (Å²) in [5.74, 6) is -0.125. The molecular formula is C10H11N5OS. The van der Waals surface area contributed by atoms with Gasteiger partial charge in [0.1, 0.15) is 10.8 Å². The molecule has 88 valence electrons. The summed E-state index contributed by atoms with van der Waals surface area (Å²) in [5, 5.41) is 11.8. The van der Waals surface area contributed by atoms with E-state index < -0.39 is 0 Å². The molecule has 0 unspecified atom stereocenters. The predicted octanol–water partition coefficient (Wildman–Crippen LogP) is 1.33. The molecule has 0 aromatic carbocycles. The van der Waals surface area contributed by atoms with Crippen LogP contribution < -0.4 is 11.1 Å². The molecule has 0 aliphatic carbocycles. The molecule has 0 spiro atoms. The molecule has 6 nitrogen and oxygen atoms in total. The summed E-state index contributed by atoms with van der Waals surface area (Å²) in [7, 11) is 0. The Kier molecular flexibility index (Phi) is 3.29. The fourth-order valence-electron chi connectivity index (χ4n) is 1.22. The first-order valence-electron chi connectivity index (χ1n) is 5.05. The van der Waals surface area contributed by atoms with Gasteiger partial charge >= 0.3 is 0 Å². The number of carbonyl (C=O) groups excluding carboxylic acids is 1. The maximum Gasteiger partial charge on any atom is 0.261 e. The summed E-state index contributed by atoms with van der Waals surface area (Å²) in [6.45, 7) is 1.98. The number of hydrogen-bond acceptors (Lipinski definition) is 6. The number of nitrogen functional groups attached to an aromatic ring is 1. The first-order valence-corrected chi connectivity index (χ1v) is 5.86. The molecular weight excluding hydrogens is 238 g/mol. The Bertz CT molecular complexity index is 539. The van der Waals surface area contributed by atoms with Crippen molar-refractivity contribution in [1.82, 2.24) is 15.2 Å². The SMILES string of the molecule is CCc1nnc(NC(=O)c2cccnc2N)s1. The van der Waals surface area contributed by atoms with E-state index >= 15 is 0 Å². The van der Waals surface area contributed by atoms with Crippen LogP contribution in [0.2, 0.25) is 0 Å². The number of nitrogens with one attached hydrogen (secondary N) is 1. The lowest BCUT2D eigenvalue weighted by molar-refractivity contribution is 0.102. The highest BCUT2D eigenvalue weighted by Crippen LogP contribution is 2.17. The number of amides is 1. The largest absolute Gasteiger partial charge is 0.383 e. The monoisotopic (exact) mass is 249 g/mol. The molecule has 17 heavy (non-hydrogen) atoms. The molecule has 0 aliphatic rings. The fourth-order valence-corrected chi connectivity index (χ4v) is 1.90. The zero-order valence-electron chi connectivity index (χ0n) is 9.17. The van der Waals surface area contributed by atoms with E-state index in [9.17, 15) is 4.79 Å². The Hall–Kier alpha value is -2.02. The predicted molar refractivity (Wildman–Crippen MR) is 65.9 cm³/mol. The van der Waals surface area contributed by atoms with Crippen LogP contribution in [0, 0.1) is 0 Å². The zero-order valence-corrected chi connectivity index (χ0v) is 9.99. The maximum atomic E-state index is 11.8. The van der Waals surface area contributed by atoms with Gasteiger partial charge in [-0.25, -0.2) is 4.98 Å². The van der Waals surface area contributed by atoms with Crippen LogP contribution in [0.25, 0.3) is 0 Å². The van der Waals surface area contributed by atoms with Gasteiger partial charge in [0.2, 0.25) is 5.13 Å². The van der Waals surface area contributed by atoms with E-state index in [0.717, 1.165) is 11.4 Å². The fraction of sp³-hybridized carbons (Fsp3) is 0.200. The highest BCUT2D eigenvalue weighted by Gasteiger charge is 2.12. The summed E-state index contributed by atoms with van der Waals surface area (Å²) in [6, 6.07) is 3.27. The van der Waals surface area contributed by atoms with Gasteiger partial charge in [-0.1, -0.05) is 18.3 Å². The molecule has 2 heterocycles. The number of nitrogens with zero attached hydrogens (tertiary/aromatic N) is 3. The second-order valence-corrected chi connectivity index (χ2v) is 4.31. The third kappa shape index (κ3) is 2.56. The van der Waals surface area contributed by atoms with E-state index in [0.29, 0.717) is 10.7 Å². The molecule has 2 aromatic heterocycles. The average molecular weight is 249 g/mol. The summed E-state index contributed by atoms with van der Waals surface area (Å²) in [5.41, 5.74) is 5.94. The van der Waals surface area contributed by atoms with Gasteiger partial charge in [0, 0.05) is 6.20 Å². The van der Waals surface area contributed by atoms with Gasteiger partial charge in [-0.3, -0.25) is 10.1 Å². The van der Waals surface area contributed by atoms with Crippen molar-refractivity contribution < 1.29 is 4.79 Å². The molecule has 0 aliphatic heterocycles. The number of anilines is 2. The third-order valence-electron chi connectivity index (χ3n) is 2.07. The Morgan fingerprint density at radius 1 is 1.53 bits per heavy atom. The van der Waals surface area contributed by atoms with Crippen molar-refractivity contribution in [2.45, 2.75) is 13.3 Å². The summed E-state index contributed by atoms with van der Waals surface area (Å²) >= 11 is 1.35. The molecule has 0 saturated carbocycles. The topological polar surface area (TPSA) is 93.8 Å². The summed E-state index contributed by atoms with van der Waals surface area (Å²) in [4.78, 5) is 15.7. The normalized spacial score (nSPS) is 10.2. The summed E-state index contributed by atoms with van der Waals surface area (Å²) < 4.78 is 0. The Morgan fingerprint density at radius 3 is 3.00 bits per heavy atom. The molecule has 0 bridgehead atoms. The summed E-state index contributed by atoms with van der Waals surface area (Å²) in [6.07, 6.45) is 2.33. The quantitative estimate of drug-likeness (QED) is 0.855. The first kappa shape index (κ1) is 11.5. The highest BCUT2D eigenvalue weighted by molar-refractivity contribution is 7.15. The van der Waals surface area contributed by atoms with Crippen LogP contribution >= 0.6 is 11.3 Å². The van der Waals surface area contributed by atoms with E-state index in [4.69, 9.17) is 5.73 Å². The molecule has 1 amide bonds. The van der Waals surface area contributed by atoms with Crippen LogP contribution in [0.5, 0.6) is 0 Å². The number of pyridine rings is 1. The number of hydrogen-bond donors (Lipinski definition) is 2.